The summed E-state index contributed by atoms with van der Waals surface area (Å²) < 4.78 is 0. The maximum Gasteiger partial charge on any atom is 0.0419 e. The van der Waals surface area contributed by atoms with Crippen LogP contribution in [-0.4, -0.2) is 18.0 Å². The van der Waals surface area contributed by atoms with Crippen molar-refractivity contribution >= 4 is 17.0 Å². The van der Waals surface area contributed by atoms with E-state index in [1.165, 1.54) is 36.2 Å². The van der Waals surface area contributed by atoms with Crippen molar-refractivity contribution in [3.63, 3.8) is 0 Å². The Bertz CT molecular complexity index is 632. The van der Waals surface area contributed by atoms with Crippen molar-refractivity contribution in [2.75, 3.05) is 18.4 Å². The van der Waals surface area contributed by atoms with Crippen LogP contribution in [-0.2, 0) is 19.4 Å². The number of benzene rings is 1. The van der Waals surface area contributed by atoms with Crippen molar-refractivity contribution in [1.82, 2.24) is 4.90 Å². The first-order chi connectivity index (χ1) is 9.83. The van der Waals surface area contributed by atoms with Gasteiger partial charge >= 0.3 is 0 Å². The topological polar surface area (TPSA) is 15.3 Å². The van der Waals surface area contributed by atoms with Crippen molar-refractivity contribution in [3.8, 4) is 0 Å². The third kappa shape index (κ3) is 1.97. The highest BCUT2D eigenvalue weighted by Gasteiger charge is 2.25. The molecule has 1 unspecified atom stereocenters. The van der Waals surface area contributed by atoms with E-state index in [1.54, 1.807) is 10.4 Å². The molecule has 3 heteroatoms. The van der Waals surface area contributed by atoms with Gasteiger partial charge in [-0.3, -0.25) is 4.90 Å². The average molecular weight is 284 g/mol. The van der Waals surface area contributed by atoms with Crippen LogP contribution in [0.3, 0.4) is 0 Å². The van der Waals surface area contributed by atoms with Gasteiger partial charge in [0.2, 0.25) is 0 Å². The van der Waals surface area contributed by atoms with Gasteiger partial charge in [-0.25, -0.2) is 0 Å². The van der Waals surface area contributed by atoms with Gasteiger partial charge in [0.05, 0.1) is 0 Å². The van der Waals surface area contributed by atoms with Crippen LogP contribution < -0.4 is 5.32 Å². The van der Waals surface area contributed by atoms with Gasteiger partial charge in [-0.05, 0) is 47.9 Å². The van der Waals surface area contributed by atoms with Gasteiger partial charge in [-0.2, -0.15) is 0 Å². The summed E-state index contributed by atoms with van der Waals surface area (Å²) in [4.78, 5) is 4.20. The molecular weight excluding hydrogens is 264 g/mol. The number of nitrogens with one attached hydrogen (secondary N) is 1. The number of hydrogen-bond donors (Lipinski definition) is 1. The zero-order valence-corrected chi connectivity index (χ0v) is 12.7. The predicted molar refractivity (Wildman–Crippen MR) is 85.5 cm³/mol. The maximum atomic E-state index is 3.56. The van der Waals surface area contributed by atoms with Gasteiger partial charge in [-0.15, -0.1) is 11.3 Å². The number of fused-ring (bicyclic) bond motifs is 2. The molecule has 1 aromatic heterocycles. The van der Waals surface area contributed by atoms with Crippen LogP contribution >= 0.6 is 11.3 Å². The molecule has 0 spiro atoms. The van der Waals surface area contributed by atoms with Crippen LogP contribution in [0.15, 0.2) is 29.6 Å². The Balaban J connectivity index is 1.60. The first kappa shape index (κ1) is 12.4. The second-order valence-electron chi connectivity index (χ2n) is 5.82. The van der Waals surface area contributed by atoms with E-state index in [1.807, 2.05) is 11.3 Å². The Kier molecular flexibility index (Phi) is 3.04. The van der Waals surface area contributed by atoms with Crippen LogP contribution in [0.2, 0.25) is 0 Å². The first-order valence-electron chi connectivity index (χ1n) is 7.48. The molecule has 20 heavy (non-hydrogen) atoms. The molecule has 1 aromatic carbocycles. The summed E-state index contributed by atoms with van der Waals surface area (Å²) in [6.07, 6.45) is 2.38. The maximum absolute atomic E-state index is 3.56. The lowest BCUT2D eigenvalue weighted by molar-refractivity contribution is 0.192. The summed E-state index contributed by atoms with van der Waals surface area (Å²) in [6, 6.07) is 9.61. The summed E-state index contributed by atoms with van der Waals surface area (Å²) in [5.74, 6) is 0. The first-order valence-corrected chi connectivity index (χ1v) is 8.36. The Labute approximate surface area is 124 Å². The molecule has 4 rings (SSSR count). The van der Waals surface area contributed by atoms with Gasteiger partial charge in [0.25, 0.3) is 0 Å². The molecule has 3 heterocycles. The SMILES string of the molecule is CC1c2ccsc2CCN1Cc1cccc2c1NCC2. The summed E-state index contributed by atoms with van der Waals surface area (Å²) >= 11 is 1.92. The summed E-state index contributed by atoms with van der Waals surface area (Å²) in [5.41, 5.74) is 5.89. The summed E-state index contributed by atoms with van der Waals surface area (Å²) in [5, 5.41) is 5.81. The van der Waals surface area contributed by atoms with Gasteiger partial charge < -0.3 is 5.32 Å². The molecule has 2 aliphatic rings. The fourth-order valence-corrected chi connectivity index (χ4v) is 4.50. The lowest BCUT2D eigenvalue weighted by atomic mass is 9.99. The number of para-hydroxylation sites is 1. The van der Waals surface area contributed by atoms with E-state index < -0.39 is 0 Å². The zero-order chi connectivity index (χ0) is 13.5. The van der Waals surface area contributed by atoms with Crippen molar-refractivity contribution in [3.05, 3.63) is 51.2 Å². The molecule has 0 saturated carbocycles. The van der Waals surface area contributed by atoms with Crippen LogP contribution in [0.4, 0.5) is 5.69 Å². The molecule has 1 N–H and O–H groups in total. The monoisotopic (exact) mass is 284 g/mol. The van der Waals surface area contributed by atoms with E-state index in [0.717, 1.165) is 13.1 Å². The second-order valence-corrected chi connectivity index (χ2v) is 6.82. The van der Waals surface area contributed by atoms with E-state index >= 15 is 0 Å². The summed E-state index contributed by atoms with van der Waals surface area (Å²) in [7, 11) is 0. The Hall–Kier alpha value is -1.32. The standard InChI is InChI=1S/C17H20N2S/c1-12-15-7-10-20-16(15)6-9-19(12)11-14-4-2-3-13-5-8-18-17(13)14/h2-4,7,10,12,18H,5-6,8-9,11H2,1H3. The van der Waals surface area contributed by atoms with Crippen LogP contribution in [0.25, 0.3) is 0 Å². The van der Waals surface area contributed by atoms with E-state index in [9.17, 15) is 0 Å². The van der Waals surface area contributed by atoms with Gasteiger partial charge in [0.1, 0.15) is 0 Å². The molecule has 0 aliphatic carbocycles. The van der Waals surface area contributed by atoms with Crippen LogP contribution in [0.1, 0.15) is 34.5 Å². The van der Waals surface area contributed by atoms with E-state index in [2.05, 4.69) is 46.8 Å². The normalized spacial score (nSPS) is 21.4. The molecular formula is C17H20N2S. The van der Waals surface area contributed by atoms with Crippen molar-refractivity contribution in [2.45, 2.75) is 32.4 Å². The molecule has 104 valence electrons. The van der Waals surface area contributed by atoms with Crippen molar-refractivity contribution in [2.24, 2.45) is 0 Å². The Morgan fingerprint density at radius 3 is 3.20 bits per heavy atom. The van der Waals surface area contributed by atoms with E-state index in [4.69, 9.17) is 0 Å². The van der Waals surface area contributed by atoms with Gasteiger partial charge in [0, 0.05) is 36.2 Å². The lowest BCUT2D eigenvalue weighted by Crippen LogP contribution is -2.32. The molecule has 0 amide bonds. The predicted octanol–water partition coefficient (Wildman–Crippen LogP) is 3.84. The fourth-order valence-electron chi connectivity index (χ4n) is 3.54. The molecule has 2 aliphatic heterocycles. The highest BCUT2D eigenvalue weighted by atomic mass is 32.1. The lowest BCUT2D eigenvalue weighted by Gasteiger charge is -2.34. The van der Waals surface area contributed by atoms with Gasteiger partial charge in [-0.1, -0.05) is 18.2 Å². The Morgan fingerprint density at radius 1 is 1.30 bits per heavy atom. The molecule has 2 aromatic rings. The highest BCUT2D eigenvalue weighted by molar-refractivity contribution is 7.10. The van der Waals surface area contributed by atoms with Crippen molar-refractivity contribution < 1.29 is 0 Å². The minimum atomic E-state index is 0.544. The summed E-state index contributed by atoms with van der Waals surface area (Å²) in [6.45, 7) is 5.68. The largest absolute Gasteiger partial charge is 0.384 e. The van der Waals surface area contributed by atoms with Crippen LogP contribution in [0.5, 0.6) is 0 Å². The third-order valence-corrected chi connectivity index (χ3v) is 5.71. The quantitative estimate of drug-likeness (QED) is 0.901. The number of hydrogen-bond acceptors (Lipinski definition) is 3. The highest BCUT2D eigenvalue weighted by Crippen LogP contribution is 2.35. The van der Waals surface area contributed by atoms with Gasteiger partial charge in [0.15, 0.2) is 0 Å². The molecule has 0 saturated heterocycles. The minimum absolute atomic E-state index is 0.544. The molecule has 0 fully saturated rings. The fraction of sp³-hybridized carbons (Fsp3) is 0.412. The smallest absolute Gasteiger partial charge is 0.0419 e. The second kappa shape index (κ2) is 4.90. The minimum Gasteiger partial charge on any atom is -0.384 e. The number of rotatable bonds is 2. The number of nitrogens with zero attached hydrogens (tertiary/aromatic N) is 1. The average Bonchev–Trinajstić information content (AvgIpc) is 3.10. The Morgan fingerprint density at radius 2 is 2.25 bits per heavy atom. The van der Waals surface area contributed by atoms with E-state index in [-0.39, 0.29) is 0 Å². The van der Waals surface area contributed by atoms with Crippen molar-refractivity contribution in [1.29, 1.82) is 0 Å². The molecule has 2 nitrogen and oxygen atoms in total. The number of anilines is 1. The molecule has 0 radical (unpaired) electrons. The molecule has 0 bridgehead atoms. The zero-order valence-electron chi connectivity index (χ0n) is 11.9. The number of thiophene rings is 1. The third-order valence-electron chi connectivity index (χ3n) is 4.71. The van der Waals surface area contributed by atoms with E-state index in [0.29, 0.717) is 6.04 Å². The van der Waals surface area contributed by atoms with Crippen LogP contribution in [0, 0.1) is 0 Å². The molecule has 1 atom stereocenters.